The third-order valence-corrected chi connectivity index (χ3v) is 2.42. The molecule has 1 aromatic rings. The van der Waals surface area contributed by atoms with Crippen LogP contribution in [0.15, 0.2) is 29.3 Å². The molecule has 1 aromatic carbocycles. The van der Waals surface area contributed by atoms with Crippen LogP contribution in [0.2, 0.25) is 0 Å². The van der Waals surface area contributed by atoms with Crippen LogP contribution in [0.5, 0.6) is 5.75 Å². The minimum absolute atomic E-state index is 0.0648. The van der Waals surface area contributed by atoms with Crippen molar-refractivity contribution < 1.29 is 24.5 Å². The summed E-state index contributed by atoms with van der Waals surface area (Å²) in [6, 6.07) is 5.91. The summed E-state index contributed by atoms with van der Waals surface area (Å²) in [4.78, 5) is 26.4. The van der Waals surface area contributed by atoms with Crippen molar-refractivity contribution in [3.8, 4) is 5.75 Å². The number of carbonyl (C=O) groups is 2. The first-order chi connectivity index (χ1) is 10.7. The monoisotopic (exact) mass is 323 g/mol. The molecule has 8 nitrogen and oxygen atoms in total. The molecule has 23 heavy (non-hydrogen) atoms. The van der Waals surface area contributed by atoms with Crippen LogP contribution in [0.3, 0.4) is 0 Å². The second kappa shape index (κ2) is 8.02. The van der Waals surface area contributed by atoms with Crippen molar-refractivity contribution >= 4 is 18.0 Å². The molecule has 0 aliphatic carbocycles. The van der Waals surface area contributed by atoms with Gasteiger partial charge < -0.3 is 20.3 Å². The third-order valence-electron chi connectivity index (χ3n) is 2.42. The van der Waals surface area contributed by atoms with E-state index in [1.54, 1.807) is 20.8 Å². The number of phenolic OH excluding ortho intramolecular Hbond substituents is 1. The molecular formula is C15H21N3O5. The van der Waals surface area contributed by atoms with E-state index in [9.17, 15) is 14.7 Å². The molecule has 0 saturated carbocycles. The van der Waals surface area contributed by atoms with Crippen LogP contribution in [0.25, 0.3) is 0 Å². The molecule has 0 saturated heterocycles. The number of phenols is 1. The molecule has 1 rings (SSSR count). The Balaban J connectivity index is 2.62. The molecule has 0 atom stereocenters. The van der Waals surface area contributed by atoms with E-state index >= 15 is 0 Å². The summed E-state index contributed by atoms with van der Waals surface area (Å²) in [6.45, 7) is 5.62. The van der Waals surface area contributed by atoms with Gasteiger partial charge in [0.1, 0.15) is 17.2 Å². The number of aliphatic imine (C=N–C) groups is 1. The number of ether oxygens (including phenoxy) is 1. The highest BCUT2D eigenvalue weighted by Crippen LogP contribution is 2.10. The van der Waals surface area contributed by atoms with E-state index in [-0.39, 0.29) is 24.7 Å². The molecule has 0 aromatic heterocycles. The molecule has 8 heteroatoms. The average Bonchev–Trinajstić information content (AvgIpc) is 2.41. The topological polar surface area (TPSA) is 120 Å². The second-order valence-electron chi connectivity index (χ2n) is 5.64. The number of carbonyl (C=O) groups excluding carboxylic acids is 1. The number of rotatable bonds is 4. The molecule has 4 N–H and O–H groups in total. The minimum Gasteiger partial charge on any atom is -0.508 e. The molecule has 0 radical (unpaired) electrons. The molecular weight excluding hydrogens is 302 g/mol. The van der Waals surface area contributed by atoms with Crippen LogP contribution in [0, 0.1) is 0 Å². The van der Waals surface area contributed by atoms with Crippen molar-refractivity contribution in [2.24, 2.45) is 4.99 Å². The van der Waals surface area contributed by atoms with E-state index in [1.165, 1.54) is 24.3 Å². The Morgan fingerprint density at radius 2 is 1.83 bits per heavy atom. The zero-order valence-corrected chi connectivity index (χ0v) is 13.3. The zero-order chi connectivity index (χ0) is 17.5. The lowest BCUT2D eigenvalue weighted by atomic mass is 10.2. The summed E-state index contributed by atoms with van der Waals surface area (Å²) in [5.41, 5.74) is -0.0856. The highest BCUT2D eigenvalue weighted by Gasteiger charge is 2.15. The first-order valence-electron chi connectivity index (χ1n) is 6.98. The fourth-order valence-corrected chi connectivity index (χ4v) is 1.56. The van der Waals surface area contributed by atoms with Crippen LogP contribution >= 0.6 is 0 Å². The standard InChI is InChI=1S/C15H21N3O5/c1-15(2,3)23-14(22)17-9-8-16-12(18-13(20)21)10-4-6-11(19)7-5-10/h4-7,19H,8-9H2,1-3H3,(H,16,18)(H,17,22)(H,20,21). The molecule has 0 aliphatic heterocycles. The van der Waals surface area contributed by atoms with Gasteiger partial charge in [-0.3, -0.25) is 10.3 Å². The largest absolute Gasteiger partial charge is 0.508 e. The van der Waals surface area contributed by atoms with Crippen molar-refractivity contribution in [1.82, 2.24) is 10.6 Å². The van der Waals surface area contributed by atoms with Gasteiger partial charge in [-0.15, -0.1) is 0 Å². The van der Waals surface area contributed by atoms with Crippen LogP contribution in [-0.2, 0) is 4.74 Å². The van der Waals surface area contributed by atoms with E-state index in [0.717, 1.165) is 0 Å². The van der Waals surface area contributed by atoms with Crippen molar-refractivity contribution in [1.29, 1.82) is 0 Å². The van der Waals surface area contributed by atoms with Crippen molar-refractivity contribution in [3.05, 3.63) is 29.8 Å². The Labute approximate surface area is 134 Å². The van der Waals surface area contributed by atoms with E-state index in [2.05, 4.69) is 15.6 Å². The van der Waals surface area contributed by atoms with Gasteiger partial charge in [0, 0.05) is 12.1 Å². The number of alkyl carbamates (subject to hydrolysis) is 1. The van der Waals surface area contributed by atoms with Gasteiger partial charge >= 0.3 is 12.2 Å². The fraction of sp³-hybridized carbons (Fsp3) is 0.400. The molecule has 0 fully saturated rings. The van der Waals surface area contributed by atoms with Crippen molar-refractivity contribution in [2.45, 2.75) is 26.4 Å². The first-order valence-corrected chi connectivity index (χ1v) is 6.98. The Morgan fingerprint density at radius 1 is 1.22 bits per heavy atom. The van der Waals surface area contributed by atoms with E-state index in [0.29, 0.717) is 5.56 Å². The quantitative estimate of drug-likeness (QED) is 0.383. The van der Waals surface area contributed by atoms with E-state index in [1.807, 2.05) is 0 Å². The molecule has 0 bridgehead atoms. The number of carboxylic acid groups (broad SMARTS) is 1. The lowest BCUT2D eigenvalue weighted by Gasteiger charge is -2.19. The molecule has 0 aliphatic rings. The number of hydrogen-bond acceptors (Lipinski definition) is 5. The van der Waals surface area contributed by atoms with E-state index in [4.69, 9.17) is 9.84 Å². The van der Waals surface area contributed by atoms with Crippen molar-refractivity contribution in [2.75, 3.05) is 13.1 Å². The second-order valence-corrected chi connectivity index (χ2v) is 5.64. The van der Waals surface area contributed by atoms with Crippen LogP contribution in [-0.4, -0.2) is 46.9 Å². The molecule has 2 amide bonds. The highest BCUT2D eigenvalue weighted by molar-refractivity contribution is 6.06. The lowest BCUT2D eigenvalue weighted by molar-refractivity contribution is 0.0529. The van der Waals surface area contributed by atoms with Gasteiger partial charge in [0.2, 0.25) is 0 Å². The summed E-state index contributed by atoms with van der Waals surface area (Å²) in [7, 11) is 0. The maximum Gasteiger partial charge on any atom is 0.410 e. The van der Waals surface area contributed by atoms with Gasteiger partial charge in [0.15, 0.2) is 0 Å². The van der Waals surface area contributed by atoms with Crippen molar-refractivity contribution in [3.63, 3.8) is 0 Å². The normalized spacial score (nSPS) is 11.7. The van der Waals surface area contributed by atoms with E-state index < -0.39 is 17.8 Å². The fourth-order valence-electron chi connectivity index (χ4n) is 1.56. The molecule has 0 unspecified atom stereocenters. The lowest BCUT2D eigenvalue weighted by Crippen LogP contribution is -2.34. The summed E-state index contributed by atoms with van der Waals surface area (Å²) >= 11 is 0. The predicted molar refractivity (Wildman–Crippen MR) is 84.9 cm³/mol. The summed E-state index contributed by atoms with van der Waals surface area (Å²) in [5, 5.41) is 22.8. The SMILES string of the molecule is CC(C)(C)OC(=O)NCCN=C(NC(=O)O)c1ccc(O)cc1. The molecule has 0 heterocycles. The average molecular weight is 323 g/mol. The summed E-state index contributed by atoms with van der Waals surface area (Å²) in [5.74, 6) is 0.193. The number of hydrogen-bond donors (Lipinski definition) is 4. The van der Waals surface area contributed by atoms with Gasteiger partial charge in [0.05, 0.1) is 6.54 Å². The Hall–Kier alpha value is -2.77. The zero-order valence-electron chi connectivity index (χ0n) is 13.3. The Morgan fingerprint density at radius 3 is 2.35 bits per heavy atom. The van der Waals surface area contributed by atoms with Gasteiger partial charge in [0.25, 0.3) is 0 Å². The van der Waals surface area contributed by atoms with Gasteiger partial charge in [-0.25, -0.2) is 9.59 Å². The molecule has 126 valence electrons. The number of amides is 2. The van der Waals surface area contributed by atoms with Gasteiger partial charge in [-0.2, -0.15) is 0 Å². The number of aromatic hydroxyl groups is 1. The number of nitrogens with one attached hydrogen (secondary N) is 2. The molecule has 0 spiro atoms. The van der Waals surface area contributed by atoms with Crippen LogP contribution in [0.4, 0.5) is 9.59 Å². The maximum atomic E-state index is 11.5. The number of benzene rings is 1. The predicted octanol–water partition coefficient (Wildman–Crippen LogP) is 1.93. The third kappa shape index (κ3) is 7.70. The van der Waals surface area contributed by atoms with Gasteiger partial charge in [-0.1, -0.05) is 0 Å². The Kier molecular flexibility index (Phi) is 6.37. The number of nitrogens with zero attached hydrogens (tertiary/aromatic N) is 1. The highest BCUT2D eigenvalue weighted by atomic mass is 16.6. The number of amidine groups is 1. The smallest absolute Gasteiger partial charge is 0.410 e. The van der Waals surface area contributed by atoms with Crippen LogP contribution < -0.4 is 10.6 Å². The maximum absolute atomic E-state index is 11.5. The summed E-state index contributed by atoms with van der Waals surface area (Å²) in [6.07, 6.45) is -1.82. The van der Waals surface area contributed by atoms with Gasteiger partial charge in [-0.05, 0) is 45.0 Å². The minimum atomic E-state index is -1.25. The summed E-state index contributed by atoms with van der Waals surface area (Å²) < 4.78 is 5.07. The Bertz CT molecular complexity index is 576. The first kappa shape index (κ1) is 18.3. The van der Waals surface area contributed by atoms with Crippen LogP contribution in [0.1, 0.15) is 26.3 Å².